The molecule has 78 valence electrons. The third kappa shape index (κ3) is 1.71. The first-order valence-corrected chi connectivity index (χ1v) is 4.66. The van der Waals surface area contributed by atoms with Crippen LogP contribution in [0.25, 0.3) is 10.9 Å². The molecule has 1 heterocycles. The highest BCUT2D eigenvalue weighted by molar-refractivity contribution is 6.00. The number of nitrogens with one attached hydrogen (secondary N) is 1. The summed E-state index contributed by atoms with van der Waals surface area (Å²) in [6.45, 7) is 0.0985. The number of aromatic amines is 1. The van der Waals surface area contributed by atoms with E-state index in [0.29, 0.717) is 11.4 Å². The molecule has 0 spiro atoms. The third-order valence-electron chi connectivity index (χ3n) is 2.17. The molecule has 0 aliphatic carbocycles. The van der Waals surface area contributed by atoms with Crippen LogP contribution in [-0.4, -0.2) is 29.6 Å². The molecule has 0 saturated heterocycles. The first-order chi connectivity index (χ1) is 7.36. The minimum absolute atomic E-state index is 0.0757. The van der Waals surface area contributed by atoms with E-state index in [4.69, 9.17) is 9.84 Å². The standard InChI is InChI=1S/C11H11NO3/c13-5-6-15-11-9(7-14)8-3-1-2-4-10(8)12-11/h1-4,7,12-13H,5-6H2. The lowest BCUT2D eigenvalue weighted by atomic mass is 10.2. The highest BCUT2D eigenvalue weighted by atomic mass is 16.5. The number of ether oxygens (including phenoxy) is 1. The van der Waals surface area contributed by atoms with E-state index in [1.807, 2.05) is 24.3 Å². The van der Waals surface area contributed by atoms with Gasteiger partial charge in [-0.1, -0.05) is 18.2 Å². The summed E-state index contributed by atoms with van der Waals surface area (Å²) in [7, 11) is 0. The van der Waals surface area contributed by atoms with Crippen molar-refractivity contribution in [2.45, 2.75) is 0 Å². The molecule has 1 aromatic heterocycles. The zero-order valence-electron chi connectivity index (χ0n) is 8.06. The fourth-order valence-corrected chi connectivity index (χ4v) is 1.52. The number of aliphatic hydroxyl groups excluding tert-OH is 1. The first-order valence-electron chi connectivity index (χ1n) is 4.66. The molecular formula is C11H11NO3. The average Bonchev–Trinajstić information content (AvgIpc) is 2.63. The predicted octanol–water partition coefficient (Wildman–Crippen LogP) is 1.35. The van der Waals surface area contributed by atoms with Crippen LogP contribution in [0, 0.1) is 0 Å². The summed E-state index contributed by atoms with van der Waals surface area (Å²) in [4.78, 5) is 13.9. The summed E-state index contributed by atoms with van der Waals surface area (Å²) in [6, 6.07) is 7.46. The topological polar surface area (TPSA) is 62.3 Å². The Morgan fingerprint density at radius 2 is 2.20 bits per heavy atom. The molecule has 2 rings (SSSR count). The number of aliphatic hydroxyl groups is 1. The number of fused-ring (bicyclic) bond motifs is 1. The number of hydrogen-bond donors (Lipinski definition) is 2. The van der Waals surface area contributed by atoms with Crippen LogP contribution in [0.1, 0.15) is 10.4 Å². The number of benzene rings is 1. The molecule has 0 bridgehead atoms. The molecule has 0 atom stereocenters. The molecule has 2 N–H and O–H groups in total. The van der Waals surface area contributed by atoms with Gasteiger partial charge in [-0.25, -0.2) is 0 Å². The Kier molecular flexibility index (Phi) is 2.69. The number of rotatable bonds is 4. The highest BCUT2D eigenvalue weighted by Gasteiger charge is 2.10. The second-order valence-electron chi connectivity index (χ2n) is 3.10. The van der Waals surface area contributed by atoms with Crippen LogP contribution < -0.4 is 4.74 Å². The molecule has 0 fully saturated rings. The van der Waals surface area contributed by atoms with E-state index in [2.05, 4.69) is 4.98 Å². The van der Waals surface area contributed by atoms with Gasteiger partial charge in [-0.15, -0.1) is 0 Å². The number of aromatic nitrogens is 1. The van der Waals surface area contributed by atoms with Crippen molar-refractivity contribution >= 4 is 17.2 Å². The molecule has 1 aromatic carbocycles. The maximum atomic E-state index is 10.9. The zero-order valence-corrected chi connectivity index (χ0v) is 8.06. The minimum Gasteiger partial charge on any atom is -0.476 e. The van der Waals surface area contributed by atoms with Crippen molar-refractivity contribution < 1.29 is 14.6 Å². The van der Waals surface area contributed by atoms with E-state index in [-0.39, 0.29) is 13.2 Å². The van der Waals surface area contributed by atoms with Gasteiger partial charge in [0.1, 0.15) is 6.61 Å². The fraction of sp³-hybridized carbons (Fsp3) is 0.182. The molecule has 0 aliphatic heterocycles. The summed E-state index contributed by atoms with van der Waals surface area (Å²) in [5.74, 6) is 0.417. The number of carbonyl (C=O) groups excluding carboxylic acids is 1. The minimum atomic E-state index is -0.0757. The van der Waals surface area contributed by atoms with E-state index in [1.165, 1.54) is 0 Å². The molecule has 4 heteroatoms. The highest BCUT2D eigenvalue weighted by Crippen LogP contribution is 2.25. The summed E-state index contributed by atoms with van der Waals surface area (Å²) in [5.41, 5.74) is 1.35. The third-order valence-corrected chi connectivity index (χ3v) is 2.17. The predicted molar refractivity (Wildman–Crippen MR) is 56.3 cm³/mol. The Bertz CT molecular complexity index is 476. The Labute approximate surface area is 86.5 Å². The van der Waals surface area contributed by atoms with Crippen LogP contribution in [0.2, 0.25) is 0 Å². The van der Waals surface area contributed by atoms with Crippen molar-refractivity contribution in [1.29, 1.82) is 0 Å². The van der Waals surface area contributed by atoms with Gasteiger partial charge in [0.2, 0.25) is 5.88 Å². The molecule has 2 aromatic rings. The fourth-order valence-electron chi connectivity index (χ4n) is 1.52. The molecule has 0 radical (unpaired) electrons. The van der Waals surface area contributed by atoms with Crippen molar-refractivity contribution in [2.24, 2.45) is 0 Å². The van der Waals surface area contributed by atoms with E-state index in [1.54, 1.807) is 0 Å². The van der Waals surface area contributed by atoms with Gasteiger partial charge in [0.15, 0.2) is 6.29 Å². The van der Waals surface area contributed by atoms with Crippen molar-refractivity contribution in [1.82, 2.24) is 4.98 Å². The van der Waals surface area contributed by atoms with Crippen LogP contribution in [0.15, 0.2) is 24.3 Å². The maximum absolute atomic E-state index is 10.9. The van der Waals surface area contributed by atoms with Crippen LogP contribution >= 0.6 is 0 Å². The van der Waals surface area contributed by atoms with Gasteiger partial charge in [0.25, 0.3) is 0 Å². The van der Waals surface area contributed by atoms with Gasteiger partial charge in [-0.3, -0.25) is 4.79 Å². The van der Waals surface area contributed by atoms with Gasteiger partial charge >= 0.3 is 0 Å². The van der Waals surface area contributed by atoms with Crippen molar-refractivity contribution in [3.05, 3.63) is 29.8 Å². The maximum Gasteiger partial charge on any atom is 0.202 e. The van der Waals surface area contributed by atoms with Crippen molar-refractivity contribution in [3.63, 3.8) is 0 Å². The van der Waals surface area contributed by atoms with Gasteiger partial charge in [0, 0.05) is 10.9 Å². The van der Waals surface area contributed by atoms with E-state index < -0.39 is 0 Å². The normalized spacial score (nSPS) is 10.5. The van der Waals surface area contributed by atoms with Crippen LogP contribution in [0.3, 0.4) is 0 Å². The second-order valence-corrected chi connectivity index (χ2v) is 3.10. The van der Waals surface area contributed by atoms with E-state index in [0.717, 1.165) is 17.2 Å². The summed E-state index contributed by atoms with van der Waals surface area (Å²) < 4.78 is 5.23. The first kappa shape index (κ1) is 9.73. The van der Waals surface area contributed by atoms with Gasteiger partial charge < -0.3 is 14.8 Å². The van der Waals surface area contributed by atoms with Crippen LogP contribution in [0.5, 0.6) is 5.88 Å². The molecule has 0 amide bonds. The molecule has 4 nitrogen and oxygen atoms in total. The Morgan fingerprint density at radius 1 is 1.40 bits per heavy atom. The molecular weight excluding hydrogens is 194 g/mol. The SMILES string of the molecule is O=Cc1c(OCCO)[nH]c2ccccc12. The number of carbonyl (C=O) groups is 1. The molecule has 0 unspecified atom stereocenters. The Hall–Kier alpha value is -1.81. The van der Waals surface area contributed by atoms with Gasteiger partial charge in [-0.2, -0.15) is 0 Å². The Balaban J connectivity index is 2.49. The largest absolute Gasteiger partial charge is 0.476 e. The Morgan fingerprint density at radius 3 is 2.93 bits per heavy atom. The monoisotopic (exact) mass is 205 g/mol. The van der Waals surface area contributed by atoms with E-state index >= 15 is 0 Å². The zero-order chi connectivity index (χ0) is 10.7. The summed E-state index contributed by atoms with van der Waals surface area (Å²) in [6.07, 6.45) is 0.755. The summed E-state index contributed by atoms with van der Waals surface area (Å²) >= 11 is 0. The second kappa shape index (κ2) is 4.14. The van der Waals surface area contributed by atoms with Crippen LogP contribution in [0.4, 0.5) is 0 Å². The van der Waals surface area contributed by atoms with Crippen molar-refractivity contribution in [3.8, 4) is 5.88 Å². The number of para-hydroxylation sites is 1. The van der Waals surface area contributed by atoms with Gasteiger partial charge in [-0.05, 0) is 6.07 Å². The average molecular weight is 205 g/mol. The molecule has 15 heavy (non-hydrogen) atoms. The van der Waals surface area contributed by atoms with Crippen LogP contribution in [-0.2, 0) is 0 Å². The lowest BCUT2D eigenvalue weighted by Gasteiger charge is -2.00. The smallest absolute Gasteiger partial charge is 0.202 e. The number of H-pyrrole nitrogens is 1. The lowest BCUT2D eigenvalue weighted by molar-refractivity contribution is 0.111. The summed E-state index contributed by atoms with van der Waals surface area (Å²) in [5, 5.41) is 9.47. The number of hydrogen-bond acceptors (Lipinski definition) is 3. The molecule has 0 saturated carbocycles. The quantitative estimate of drug-likeness (QED) is 0.740. The van der Waals surface area contributed by atoms with Gasteiger partial charge in [0.05, 0.1) is 12.2 Å². The van der Waals surface area contributed by atoms with Crippen molar-refractivity contribution in [2.75, 3.05) is 13.2 Å². The lowest BCUT2D eigenvalue weighted by Crippen LogP contribution is -2.03. The molecule has 0 aliphatic rings. The van der Waals surface area contributed by atoms with E-state index in [9.17, 15) is 4.79 Å². The number of aldehydes is 1.